The summed E-state index contributed by atoms with van der Waals surface area (Å²) in [6.45, 7) is 0.522. The molecule has 0 aliphatic heterocycles. The van der Waals surface area contributed by atoms with E-state index in [2.05, 4.69) is 35.6 Å². The van der Waals surface area contributed by atoms with Gasteiger partial charge in [-0.15, -0.1) is 0 Å². The van der Waals surface area contributed by atoms with Crippen LogP contribution in [0.15, 0.2) is 49.2 Å². The Morgan fingerprint density at radius 3 is 2.68 bits per heavy atom. The molecular formula is C27H28FN7O2S. The van der Waals surface area contributed by atoms with E-state index in [0.717, 1.165) is 29.7 Å². The Labute approximate surface area is 224 Å². The molecule has 1 aliphatic rings. The van der Waals surface area contributed by atoms with Crippen LogP contribution in [0.5, 0.6) is 6.01 Å². The minimum absolute atomic E-state index is 0.0229. The van der Waals surface area contributed by atoms with Crippen LogP contribution < -0.4 is 15.4 Å². The predicted octanol–water partition coefficient (Wildman–Crippen LogP) is 4.47. The minimum atomic E-state index is -0.474. The first-order chi connectivity index (χ1) is 18.6. The van der Waals surface area contributed by atoms with Crippen molar-refractivity contribution in [1.82, 2.24) is 30.2 Å². The number of pyridine rings is 1. The molecule has 3 aromatic heterocycles. The van der Waals surface area contributed by atoms with Crippen molar-refractivity contribution in [3.63, 3.8) is 0 Å². The molecular weight excluding hydrogens is 505 g/mol. The summed E-state index contributed by atoms with van der Waals surface area (Å²) in [6.07, 6.45) is 11.9. The highest BCUT2D eigenvalue weighted by molar-refractivity contribution is 7.98. The van der Waals surface area contributed by atoms with E-state index in [0.29, 0.717) is 29.6 Å². The van der Waals surface area contributed by atoms with Crippen LogP contribution in [-0.4, -0.2) is 62.5 Å². The topological polar surface area (TPSA) is 115 Å². The van der Waals surface area contributed by atoms with Gasteiger partial charge in [0.1, 0.15) is 24.1 Å². The molecule has 5 rings (SSSR count). The van der Waals surface area contributed by atoms with Crippen LogP contribution in [0, 0.1) is 5.82 Å². The zero-order valence-electron chi connectivity index (χ0n) is 21.1. The quantitative estimate of drug-likeness (QED) is 0.305. The molecule has 9 nitrogen and oxygen atoms in total. The highest BCUT2D eigenvalue weighted by atomic mass is 32.2. The van der Waals surface area contributed by atoms with E-state index in [1.54, 1.807) is 36.4 Å². The van der Waals surface area contributed by atoms with Gasteiger partial charge in [-0.1, -0.05) is 6.07 Å². The fourth-order valence-corrected chi connectivity index (χ4v) is 5.05. The van der Waals surface area contributed by atoms with Crippen LogP contribution in [0.4, 0.5) is 10.2 Å². The predicted molar refractivity (Wildman–Crippen MR) is 146 cm³/mol. The zero-order valence-corrected chi connectivity index (χ0v) is 22.0. The van der Waals surface area contributed by atoms with Crippen LogP contribution >= 0.6 is 11.8 Å². The van der Waals surface area contributed by atoms with Crippen molar-refractivity contribution in [2.45, 2.75) is 31.3 Å². The van der Waals surface area contributed by atoms with Crippen molar-refractivity contribution in [2.75, 3.05) is 30.9 Å². The Bertz CT molecular complexity index is 1430. The SMILES string of the molecule is CNC(=O)c1ccnc2c(C(CNc3cc(-c4cnc(OC5CCC5)nc4)ncn3)CSC)ccc(F)c12. The van der Waals surface area contributed by atoms with E-state index in [9.17, 15) is 9.18 Å². The average molecular weight is 534 g/mol. The molecule has 0 spiro atoms. The number of anilines is 1. The molecule has 38 heavy (non-hydrogen) atoms. The van der Waals surface area contributed by atoms with Gasteiger partial charge in [-0.2, -0.15) is 11.8 Å². The number of ether oxygens (including phenoxy) is 1. The Kier molecular flexibility index (Phi) is 7.92. The molecule has 4 aromatic rings. The number of aromatic nitrogens is 5. The number of fused-ring (bicyclic) bond motifs is 1. The van der Waals surface area contributed by atoms with Gasteiger partial charge in [-0.05, 0) is 43.2 Å². The van der Waals surface area contributed by atoms with Gasteiger partial charge in [0.2, 0.25) is 0 Å². The Balaban J connectivity index is 1.36. The van der Waals surface area contributed by atoms with Crippen molar-refractivity contribution in [1.29, 1.82) is 0 Å². The number of nitrogens with zero attached hydrogens (tertiary/aromatic N) is 5. The maximum Gasteiger partial charge on any atom is 0.316 e. The zero-order chi connectivity index (χ0) is 26.5. The van der Waals surface area contributed by atoms with Crippen LogP contribution in [0.2, 0.25) is 0 Å². The lowest BCUT2D eigenvalue weighted by atomic mass is 9.95. The number of thioether (sulfide) groups is 1. The number of hydrogen-bond acceptors (Lipinski definition) is 9. The first kappa shape index (κ1) is 25.8. The van der Waals surface area contributed by atoms with E-state index >= 15 is 0 Å². The number of rotatable bonds is 10. The molecule has 0 radical (unpaired) electrons. The van der Waals surface area contributed by atoms with Gasteiger partial charge in [0, 0.05) is 60.9 Å². The van der Waals surface area contributed by atoms with Crippen molar-refractivity contribution in [2.24, 2.45) is 0 Å². The van der Waals surface area contributed by atoms with Crippen molar-refractivity contribution in [3.05, 3.63) is 66.1 Å². The fraction of sp³-hybridized carbons (Fsp3) is 0.333. The largest absolute Gasteiger partial charge is 0.460 e. The number of carbonyl (C=O) groups excluding carboxylic acids is 1. The monoisotopic (exact) mass is 533 g/mol. The van der Waals surface area contributed by atoms with E-state index in [1.165, 1.54) is 31.9 Å². The molecule has 1 fully saturated rings. The van der Waals surface area contributed by atoms with Crippen LogP contribution in [0.25, 0.3) is 22.2 Å². The fourth-order valence-electron chi connectivity index (χ4n) is 4.35. The number of nitrogens with one attached hydrogen (secondary N) is 2. The number of amides is 1. The van der Waals surface area contributed by atoms with E-state index in [1.807, 2.05) is 12.3 Å². The average Bonchev–Trinajstić information content (AvgIpc) is 2.93. The van der Waals surface area contributed by atoms with Crippen LogP contribution in [0.3, 0.4) is 0 Å². The molecule has 0 bridgehead atoms. The molecule has 3 heterocycles. The second-order valence-electron chi connectivity index (χ2n) is 9.04. The molecule has 11 heteroatoms. The molecule has 1 aromatic carbocycles. The third kappa shape index (κ3) is 5.52. The van der Waals surface area contributed by atoms with Crippen molar-refractivity contribution < 1.29 is 13.9 Å². The van der Waals surface area contributed by atoms with Gasteiger partial charge in [-0.25, -0.2) is 24.3 Å². The van der Waals surface area contributed by atoms with Crippen molar-refractivity contribution >= 4 is 34.4 Å². The molecule has 1 saturated carbocycles. The van der Waals surface area contributed by atoms with E-state index in [-0.39, 0.29) is 28.9 Å². The van der Waals surface area contributed by atoms with Gasteiger partial charge in [0.25, 0.3) is 5.91 Å². The molecule has 1 atom stereocenters. The summed E-state index contributed by atoms with van der Waals surface area (Å²) in [6, 6.07) is 6.90. The minimum Gasteiger partial charge on any atom is -0.460 e. The van der Waals surface area contributed by atoms with Gasteiger partial charge in [0.05, 0.1) is 16.8 Å². The number of carbonyl (C=O) groups is 1. The summed E-state index contributed by atoms with van der Waals surface area (Å²) in [7, 11) is 1.52. The highest BCUT2D eigenvalue weighted by Crippen LogP contribution is 2.31. The van der Waals surface area contributed by atoms with E-state index in [4.69, 9.17) is 4.74 Å². The Morgan fingerprint density at radius 1 is 1.16 bits per heavy atom. The van der Waals surface area contributed by atoms with Gasteiger partial charge < -0.3 is 15.4 Å². The lowest BCUT2D eigenvalue weighted by Gasteiger charge is -2.24. The standard InChI is InChI=1S/C27H28FN7O2S/c1-29-26(36)20-8-9-30-25-19(6-7-21(28)24(20)25)17(14-38-2)13-31-23-10-22(34-15-35-23)16-11-32-27(33-12-16)37-18-4-3-5-18/h6-12,15,17-18H,3-5,13-14H2,1-2H3,(H,29,36)(H,31,34,35). The van der Waals surface area contributed by atoms with E-state index < -0.39 is 5.82 Å². The Morgan fingerprint density at radius 2 is 1.97 bits per heavy atom. The third-order valence-corrected chi connectivity index (χ3v) is 7.33. The number of benzene rings is 1. The van der Waals surface area contributed by atoms with Crippen LogP contribution in [-0.2, 0) is 0 Å². The highest BCUT2D eigenvalue weighted by Gasteiger charge is 2.22. The maximum absolute atomic E-state index is 14.9. The first-order valence-electron chi connectivity index (χ1n) is 12.4. The second kappa shape index (κ2) is 11.7. The summed E-state index contributed by atoms with van der Waals surface area (Å²) in [5.74, 6) is 0.547. The molecule has 1 amide bonds. The molecule has 0 saturated heterocycles. The molecule has 1 aliphatic carbocycles. The summed E-state index contributed by atoms with van der Waals surface area (Å²) < 4.78 is 20.6. The second-order valence-corrected chi connectivity index (χ2v) is 9.96. The van der Waals surface area contributed by atoms with Gasteiger partial charge in [-0.3, -0.25) is 9.78 Å². The molecule has 196 valence electrons. The number of halogens is 1. The number of hydrogen-bond donors (Lipinski definition) is 2. The normalized spacial score (nSPS) is 14.1. The van der Waals surface area contributed by atoms with Gasteiger partial charge in [0.15, 0.2) is 0 Å². The summed E-state index contributed by atoms with van der Waals surface area (Å²) in [5.41, 5.74) is 3.05. The maximum atomic E-state index is 14.9. The molecule has 2 N–H and O–H groups in total. The lowest BCUT2D eigenvalue weighted by molar-refractivity contribution is 0.0964. The van der Waals surface area contributed by atoms with Gasteiger partial charge >= 0.3 is 6.01 Å². The summed E-state index contributed by atoms with van der Waals surface area (Å²) >= 11 is 1.68. The Hall–Kier alpha value is -3.86. The summed E-state index contributed by atoms with van der Waals surface area (Å²) in [4.78, 5) is 34.2. The van der Waals surface area contributed by atoms with Crippen LogP contribution in [0.1, 0.15) is 41.1 Å². The summed E-state index contributed by atoms with van der Waals surface area (Å²) in [5, 5.41) is 6.19. The first-order valence-corrected chi connectivity index (χ1v) is 13.8. The third-order valence-electron chi connectivity index (χ3n) is 6.60. The van der Waals surface area contributed by atoms with Crippen molar-refractivity contribution in [3.8, 4) is 17.3 Å². The lowest BCUT2D eigenvalue weighted by Crippen LogP contribution is -2.25. The smallest absolute Gasteiger partial charge is 0.316 e. The molecule has 1 unspecified atom stereocenters.